The normalized spacial score (nSPS) is 16.8. The molecule has 0 atom stereocenters. The van der Waals surface area contributed by atoms with Crippen molar-refractivity contribution < 1.29 is 4.39 Å². The van der Waals surface area contributed by atoms with E-state index in [9.17, 15) is 9.18 Å². The number of halogens is 1. The molecule has 0 saturated carbocycles. The molecule has 1 aliphatic rings. The smallest absolute Gasteiger partial charge is 0.187 e. The van der Waals surface area contributed by atoms with Gasteiger partial charge in [0.05, 0.1) is 0 Å². The van der Waals surface area contributed by atoms with Crippen molar-refractivity contribution in [1.29, 1.82) is 0 Å². The molecule has 1 saturated heterocycles. The van der Waals surface area contributed by atoms with Gasteiger partial charge in [-0.25, -0.2) is 4.39 Å². The van der Waals surface area contributed by atoms with E-state index in [1.807, 2.05) is 19.9 Å². The molecule has 4 nitrogen and oxygen atoms in total. The first-order valence-electron chi connectivity index (χ1n) is 8.90. The molecule has 1 aromatic heterocycles. The Hall–Kier alpha value is -1.98. The summed E-state index contributed by atoms with van der Waals surface area (Å²) in [5.74, 6) is -0.173. The number of H-pyrrole nitrogens is 1. The number of pyridine rings is 1. The SMILES string of the molecule is Cc1c[nH]c(CN2CCCN(Cc3cccc(F)c3)CC2)c(C)c1=O. The quantitative estimate of drug-likeness (QED) is 0.928. The van der Waals surface area contributed by atoms with E-state index in [-0.39, 0.29) is 11.2 Å². The van der Waals surface area contributed by atoms with Gasteiger partial charge < -0.3 is 4.98 Å². The van der Waals surface area contributed by atoms with Crippen LogP contribution in [-0.2, 0) is 13.1 Å². The lowest BCUT2D eigenvalue weighted by Gasteiger charge is -2.22. The number of nitrogens with zero attached hydrogens (tertiary/aromatic N) is 2. The van der Waals surface area contributed by atoms with Crippen molar-refractivity contribution >= 4 is 0 Å². The molecule has 0 amide bonds. The van der Waals surface area contributed by atoms with Crippen molar-refractivity contribution in [3.63, 3.8) is 0 Å². The third-order valence-electron chi connectivity index (χ3n) is 4.97. The van der Waals surface area contributed by atoms with E-state index >= 15 is 0 Å². The van der Waals surface area contributed by atoms with Crippen LogP contribution in [0, 0.1) is 19.7 Å². The van der Waals surface area contributed by atoms with E-state index in [0.717, 1.165) is 68.1 Å². The Balaban J connectivity index is 1.60. The van der Waals surface area contributed by atoms with E-state index in [4.69, 9.17) is 0 Å². The lowest BCUT2D eigenvalue weighted by atomic mass is 10.1. The third-order valence-corrected chi connectivity index (χ3v) is 4.97. The number of aromatic nitrogens is 1. The first kappa shape index (κ1) is 17.8. The second kappa shape index (κ2) is 7.93. The maximum Gasteiger partial charge on any atom is 0.187 e. The van der Waals surface area contributed by atoms with Crippen LogP contribution in [0.2, 0.25) is 0 Å². The van der Waals surface area contributed by atoms with Crippen molar-refractivity contribution in [1.82, 2.24) is 14.8 Å². The number of hydrogen-bond donors (Lipinski definition) is 1. The largest absolute Gasteiger partial charge is 0.363 e. The summed E-state index contributed by atoms with van der Waals surface area (Å²) in [6, 6.07) is 6.85. The predicted octanol–water partition coefficient (Wildman–Crippen LogP) is 2.84. The van der Waals surface area contributed by atoms with Crippen LogP contribution in [0.1, 0.15) is 28.8 Å². The van der Waals surface area contributed by atoms with E-state index < -0.39 is 0 Å². The van der Waals surface area contributed by atoms with Gasteiger partial charge in [0.1, 0.15) is 5.82 Å². The van der Waals surface area contributed by atoms with Crippen LogP contribution in [-0.4, -0.2) is 41.0 Å². The molecule has 0 unspecified atom stereocenters. The number of benzene rings is 1. The lowest BCUT2D eigenvalue weighted by molar-refractivity contribution is 0.245. The third kappa shape index (κ3) is 4.55. The summed E-state index contributed by atoms with van der Waals surface area (Å²) in [5.41, 5.74) is 3.75. The number of nitrogens with one attached hydrogen (secondary N) is 1. The highest BCUT2D eigenvalue weighted by Crippen LogP contribution is 2.13. The number of aryl methyl sites for hydroxylation is 1. The first-order chi connectivity index (χ1) is 12.0. The molecule has 1 N–H and O–H groups in total. The van der Waals surface area contributed by atoms with Crippen LogP contribution in [0.15, 0.2) is 35.3 Å². The lowest BCUT2D eigenvalue weighted by Crippen LogP contribution is -2.31. The average Bonchev–Trinajstić information content (AvgIpc) is 2.81. The van der Waals surface area contributed by atoms with E-state index in [2.05, 4.69) is 14.8 Å². The summed E-state index contributed by atoms with van der Waals surface area (Å²) in [4.78, 5) is 20.1. The molecule has 0 bridgehead atoms. The molecule has 0 spiro atoms. The minimum atomic E-state index is -0.173. The van der Waals surface area contributed by atoms with Crippen LogP contribution in [0.4, 0.5) is 4.39 Å². The van der Waals surface area contributed by atoms with E-state index in [1.54, 1.807) is 18.3 Å². The Labute approximate surface area is 148 Å². The zero-order chi connectivity index (χ0) is 17.8. The van der Waals surface area contributed by atoms with E-state index in [1.165, 1.54) is 6.07 Å². The highest BCUT2D eigenvalue weighted by Gasteiger charge is 2.17. The summed E-state index contributed by atoms with van der Waals surface area (Å²) in [7, 11) is 0. The summed E-state index contributed by atoms with van der Waals surface area (Å²) >= 11 is 0. The van der Waals surface area contributed by atoms with Gasteiger partial charge in [0, 0.05) is 49.2 Å². The molecule has 0 aliphatic carbocycles. The topological polar surface area (TPSA) is 39.3 Å². The minimum absolute atomic E-state index is 0.135. The molecular formula is C20H26FN3O. The molecule has 1 aliphatic heterocycles. The van der Waals surface area contributed by atoms with Crippen LogP contribution in [0.25, 0.3) is 0 Å². The van der Waals surface area contributed by atoms with Crippen LogP contribution in [0.5, 0.6) is 0 Å². The standard InChI is InChI=1S/C20H26FN3O/c1-15-12-22-19(16(2)20(15)25)14-24-8-4-7-23(9-10-24)13-17-5-3-6-18(21)11-17/h3,5-6,11-12H,4,7-10,13-14H2,1-2H3,(H,22,25). The molecule has 134 valence electrons. The molecule has 2 aromatic rings. The molecule has 5 heteroatoms. The molecule has 25 heavy (non-hydrogen) atoms. The zero-order valence-corrected chi connectivity index (χ0v) is 15.0. The summed E-state index contributed by atoms with van der Waals surface area (Å²) in [6.45, 7) is 9.21. The van der Waals surface area contributed by atoms with Crippen LogP contribution in [0.3, 0.4) is 0 Å². The first-order valence-corrected chi connectivity index (χ1v) is 8.90. The highest BCUT2D eigenvalue weighted by molar-refractivity contribution is 5.23. The van der Waals surface area contributed by atoms with Gasteiger partial charge in [-0.3, -0.25) is 14.6 Å². The summed E-state index contributed by atoms with van der Waals surface area (Å²) in [5, 5.41) is 0. The van der Waals surface area contributed by atoms with Crippen molar-refractivity contribution in [2.45, 2.75) is 33.4 Å². The van der Waals surface area contributed by atoms with Gasteiger partial charge in [-0.05, 0) is 51.1 Å². The van der Waals surface area contributed by atoms with Gasteiger partial charge >= 0.3 is 0 Å². The van der Waals surface area contributed by atoms with Gasteiger partial charge in [0.15, 0.2) is 5.43 Å². The Bertz CT molecular complexity index is 787. The minimum Gasteiger partial charge on any atom is -0.363 e. The van der Waals surface area contributed by atoms with Gasteiger partial charge in [-0.1, -0.05) is 12.1 Å². The fraction of sp³-hybridized carbons (Fsp3) is 0.450. The van der Waals surface area contributed by atoms with Gasteiger partial charge in [0.25, 0.3) is 0 Å². The maximum atomic E-state index is 13.3. The molecule has 3 rings (SSSR count). The molecular weight excluding hydrogens is 317 g/mol. The maximum absolute atomic E-state index is 13.3. The molecule has 2 heterocycles. The van der Waals surface area contributed by atoms with Crippen molar-refractivity contribution in [3.8, 4) is 0 Å². The average molecular weight is 343 g/mol. The number of rotatable bonds is 4. The van der Waals surface area contributed by atoms with Gasteiger partial charge in [-0.15, -0.1) is 0 Å². The van der Waals surface area contributed by atoms with Crippen LogP contribution < -0.4 is 5.43 Å². The predicted molar refractivity (Wildman–Crippen MR) is 98.1 cm³/mol. The van der Waals surface area contributed by atoms with E-state index in [0.29, 0.717) is 0 Å². The molecule has 1 fully saturated rings. The van der Waals surface area contributed by atoms with Crippen molar-refractivity contribution in [2.75, 3.05) is 26.2 Å². The van der Waals surface area contributed by atoms with Gasteiger partial charge in [-0.2, -0.15) is 0 Å². The summed E-state index contributed by atoms with van der Waals surface area (Å²) < 4.78 is 13.3. The Kier molecular flexibility index (Phi) is 5.66. The number of aromatic amines is 1. The highest BCUT2D eigenvalue weighted by atomic mass is 19.1. The summed E-state index contributed by atoms with van der Waals surface area (Å²) in [6.07, 6.45) is 2.88. The molecule has 1 aromatic carbocycles. The van der Waals surface area contributed by atoms with Crippen molar-refractivity contribution in [3.05, 3.63) is 68.9 Å². The Morgan fingerprint density at radius 1 is 1.08 bits per heavy atom. The number of hydrogen-bond acceptors (Lipinski definition) is 3. The Morgan fingerprint density at radius 3 is 2.52 bits per heavy atom. The Morgan fingerprint density at radius 2 is 1.80 bits per heavy atom. The van der Waals surface area contributed by atoms with Crippen LogP contribution >= 0.6 is 0 Å². The second-order valence-corrected chi connectivity index (χ2v) is 6.94. The zero-order valence-electron chi connectivity index (χ0n) is 15.0. The fourth-order valence-corrected chi connectivity index (χ4v) is 3.42. The van der Waals surface area contributed by atoms with Crippen molar-refractivity contribution in [2.24, 2.45) is 0 Å². The van der Waals surface area contributed by atoms with Gasteiger partial charge in [0.2, 0.25) is 0 Å². The fourth-order valence-electron chi connectivity index (χ4n) is 3.42. The monoisotopic (exact) mass is 343 g/mol. The second-order valence-electron chi connectivity index (χ2n) is 6.94. The molecule has 0 radical (unpaired) electrons.